The zero-order valence-electron chi connectivity index (χ0n) is 15.1. The Bertz CT molecular complexity index is 1250. The van der Waals surface area contributed by atoms with Crippen LogP contribution in [0.15, 0.2) is 52.6 Å². The molecule has 4 rings (SSSR count). The SMILES string of the molecule is COc1ccc(C)cc1-c1csc(NC(=O)c2n[nH]c(=O)c3ccccc23)n1. The summed E-state index contributed by atoms with van der Waals surface area (Å²) in [6, 6.07) is 12.7. The van der Waals surface area contributed by atoms with Gasteiger partial charge >= 0.3 is 0 Å². The Hall–Kier alpha value is -3.52. The van der Waals surface area contributed by atoms with Crippen LogP contribution < -0.4 is 15.6 Å². The van der Waals surface area contributed by atoms with Crippen molar-refractivity contribution in [2.75, 3.05) is 12.4 Å². The second-order valence-electron chi connectivity index (χ2n) is 6.14. The Kier molecular flexibility index (Phi) is 4.62. The number of carbonyl (C=O) groups excluding carboxylic acids is 1. The number of hydrogen-bond acceptors (Lipinski definition) is 6. The lowest BCUT2D eigenvalue weighted by atomic mass is 10.1. The van der Waals surface area contributed by atoms with Gasteiger partial charge in [-0.1, -0.05) is 29.8 Å². The zero-order chi connectivity index (χ0) is 19.7. The molecule has 28 heavy (non-hydrogen) atoms. The van der Waals surface area contributed by atoms with Gasteiger partial charge in [0.25, 0.3) is 11.5 Å². The van der Waals surface area contributed by atoms with E-state index in [-0.39, 0.29) is 11.3 Å². The molecule has 7 nitrogen and oxygen atoms in total. The molecular weight excluding hydrogens is 376 g/mol. The van der Waals surface area contributed by atoms with Crippen LogP contribution in [0.5, 0.6) is 5.75 Å². The molecule has 4 aromatic rings. The van der Waals surface area contributed by atoms with Gasteiger partial charge in [0.1, 0.15) is 5.75 Å². The van der Waals surface area contributed by atoms with Gasteiger partial charge < -0.3 is 4.74 Å². The van der Waals surface area contributed by atoms with Crippen molar-refractivity contribution in [2.24, 2.45) is 0 Å². The van der Waals surface area contributed by atoms with E-state index in [1.54, 1.807) is 31.4 Å². The summed E-state index contributed by atoms with van der Waals surface area (Å²) in [6.07, 6.45) is 0. The molecule has 2 heterocycles. The second kappa shape index (κ2) is 7.24. The van der Waals surface area contributed by atoms with E-state index >= 15 is 0 Å². The molecule has 0 unspecified atom stereocenters. The van der Waals surface area contributed by atoms with Gasteiger partial charge in [-0.25, -0.2) is 10.1 Å². The third kappa shape index (κ3) is 3.25. The van der Waals surface area contributed by atoms with E-state index in [4.69, 9.17) is 4.74 Å². The molecule has 2 aromatic heterocycles. The van der Waals surface area contributed by atoms with Crippen LogP contribution in [0.4, 0.5) is 5.13 Å². The van der Waals surface area contributed by atoms with Gasteiger partial charge in [-0.3, -0.25) is 14.9 Å². The molecule has 0 bridgehead atoms. The Morgan fingerprint density at radius 1 is 1.18 bits per heavy atom. The molecule has 0 fully saturated rings. The Morgan fingerprint density at radius 2 is 1.96 bits per heavy atom. The lowest BCUT2D eigenvalue weighted by Gasteiger charge is -2.07. The van der Waals surface area contributed by atoms with E-state index in [2.05, 4.69) is 20.5 Å². The maximum absolute atomic E-state index is 12.7. The number of H-pyrrole nitrogens is 1. The van der Waals surface area contributed by atoms with Gasteiger partial charge in [0.15, 0.2) is 10.8 Å². The van der Waals surface area contributed by atoms with Crippen molar-refractivity contribution in [3.63, 3.8) is 0 Å². The number of amides is 1. The first-order chi connectivity index (χ1) is 13.6. The normalized spacial score (nSPS) is 10.8. The summed E-state index contributed by atoms with van der Waals surface area (Å²) in [4.78, 5) is 29.1. The number of aryl methyl sites for hydroxylation is 1. The number of ether oxygens (including phenoxy) is 1. The number of methoxy groups -OCH3 is 1. The molecule has 140 valence electrons. The van der Waals surface area contributed by atoms with Gasteiger partial charge in [-0.05, 0) is 25.1 Å². The number of benzene rings is 2. The van der Waals surface area contributed by atoms with Crippen LogP contribution in [0, 0.1) is 6.92 Å². The summed E-state index contributed by atoms with van der Waals surface area (Å²) >= 11 is 1.30. The van der Waals surface area contributed by atoms with Crippen LogP contribution >= 0.6 is 11.3 Å². The Labute approximate surface area is 164 Å². The standard InChI is InChI=1S/C20H16N4O3S/c1-11-7-8-16(27-2)14(9-11)15-10-28-20(21-15)22-19(26)17-12-5-3-4-6-13(12)18(25)24-23-17/h3-10H,1-2H3,(H,24,25)(H,21,22,26). The monoisotopic (exact) mass is 392 g/mol. The Morgan fingerprint density at radius 3 is 2.75 bits per heavy atom. The molecule has 0 aliphatic heterocycles. The predicted octanol–water partition coefficient (Wildman–Crippen LogP) is 3.62. The maximum Gasteiger partial charge on any atom is 0.278 e. The Balaban J connectivity index is 1.65. The third-order valence-electron chi connectivity index (χ3n) is 4.27. The smallest absolute Gasteiger partial charge is 0.278 e. The van der Waals surface area contributed by atoms with Crippen molar-refractivity contribution < 1.29 is 9.53 Å². The van der Waals surface area contributed by atoms with Crippen LogP contribution in [-0.4, -0.2) is 28.2 Å². The fraction of sp³-hybridized carbons (Fsp3) is 0.100. The molecule has 0 saturated carbocycles. The van der Waals surface area contributed by atoms with Crippen molar-refractivity contribution in [3.05, 3.63) is 69.5 Å². The molecular formula is C20H16N4O3S. The molecule has 0 aliphatic rings. The molecule has 0 aliphatic carbocycles. The number of aromatic amines is 1. The lowest BCUT2D eigenvalue weighted by molar-refractivity contribution is 0.102. The van der Waals surface area contributed by atoms with E-state index in [1.807, 2.05) is 30.5 Å². The minimum Gasteiger partial charge on any atom is -0.496 e. The first-order valence-corrected chi connectivity index (χ1v) is 9.34. The highest BCUT2D eigenvalue weighted by atomic mass is 32.1. The summed E-state index contributed by atoms with van der Waals surface area (Å²) < 4.78 is 5.41. The third-order valence-corrected chi connectivity index (χ3v) is 5.02. The molecule has 1 amide bonds. The quantitative estimate of drug-likeness (QED) is 0.553. The van der Waals surface area contributed by atoms with Gasteiger partial charge in [-0.15, -0.1) is 11.3 Å². The minimum absolute atomic E-state index is 0.139. The second-order valence-corrected chi connectivity index (χ2v) is 7.00. The highest BCUT2D eigenvalue weighted by molar-refractivity contribution is 7.14. The summed E-state index contributed by atoms with van der Waals surface area (Å²) in [5.74, 6) is 0.270. The highest BCUT2D eigenvalue weighted by Gasteiger charge is 2.17. The van der Waals surface area contributed by atoms with Gasteiger partial charge in [0, 0.05) is 16.3 Å². The van der Waals surface area contributed by atoms with Crippen LogP contribution in [-0.2, 0) is 0 Å². The van der Waals surface area contributed by atoms with E-state index in [1.165, 1.54) is 11.3 Å². The summed E-state index contributed by atoms with van der Waals surface area (Å²) in [5.41, 5.74) is 2.45. The molecule has 0 atom stereocenters. The average Bonchev–Trinajstić information content (AvgIpc) is 3.16. The van der Waals surface area contributed by atoms with Crippen molar-refractivity contribution in [3.8, 4) is 17.0 Å². The molecule has 8 heteroatoms. The van der Waals surface area contributed by atoms with Gasteiger partial charge in [0.2, 0.25) is 0 Å². The van der Waals surface area contributed by atoms with Crippen LogP contribution in [0.25, 0.3) is 22.0 Å². The molecule has 2 aromatic carbocycles. The number of nitrogens with one attached hydrogen (secondary N) is 2. The highest BCUT2D eigenvalue weighted by Crippen LogP contribution is 2.33. The minimum atomic E-state index is -0.440. The van der Waals surface area contributed by atoms with E-state index in [0.29, 0.717) is 27.3 Å². The first-order valence-electron chi connectivity index (χ1n) is 8.46. The summed E-state index contributed by atoms with van der Waals surface area (Å²) in [6.45, 7) is 1.99. The predicted molar refractivity (Wildman–Crippen MR) is 109 cm³/mol. The fourth-order valence-electron chi connectivity index (χ4n) is 2.92. The number of carbonyl (C=O) groups is 1. The van der Waals surface area contributed by atoms with Gasteiger partial charge in [-0.2, -0.15) is 5.10 Å². The van der Waals surface area contributed by atoms with Crippen molar-refractivity contribution in [1.82, 2.24) is 15.2 Å². The van der Waals surface area contributed by atoms with Crippen LogP contribution in [0.3, 0.4) is 0 Å². The molecule has 0 radical (unpaired) electrons. The van der Waals surface area contributed by atoms with Crippen molar-refractivity contribution >= 4 is 33.1 Å². The largest absolute Gasteiger partial charge is 0.496 e. The topological polar surface area (TPSA) is 97.0 Å². The maximum atomic E-state index is 12.7. The molecule has 0 spiro atoms. The van der Waals surface area contributed by atoms with Gasteiger partial charge in [0.05, 0.1) is 18.2 Å². The lowest BCUT2D eigenvalue weighted by Crippen LogP contribution is -2.19. The van der Waals surface area contributed by atoms with Crippen molar-refractivity contribution in [1.29, 1.82) is 0 Å². The van der Waals surface area contributed by atoms with E-state index < -0.39 is 5.91 Å². The fourth-order valence-corrected chi connectivity index (χ4v) is 3.63. The number of nitrogens with zero attached hydrogens (tertiary/aromatic N) is 2. The zero-order valence-corrected chi connectivity index (χ0v) is 16.0. The molecule has 2 N–H and O–H groups in total. The van der Waals surface area contributed by atoms with E-state index in [0.717, 1.165) is 11.1 Å². The number of aromatic nitrogens is 3. The number of thiazole rings is 1. The molecule has 0 saturated heterocycles. The van der Waals surface area contributed by atoms with Crippen LogP contribution in [0.1, 0.15) is 16.1 Å². The average molecular weight is 392 g/mol. The summed E-state index contributed by atoms with van der Waals surface area (Å²) in [7, 11) is 1.61. The summed E-state index contributed by atoms with van der Waals surface area (Å²) in [5, 5.41) is 12.2. The number of anilines is 1. The first kappa shape index (κ1) is 17.9. The van der Waals surface area contributed by atoms with Crippen LogP contribution in [0.2, 0.25) is 0 Å². The number of rotatable bonds is 4. The van der Waals surface area contributed by atoms with E-state index in [9.17, 15) is 9.59 Å². The van der Waals surface area contributed by atoms with Crippen molar-refractivity contribution in [2.45, 2.75) is 6.92 Å². The number of fused-ring (bicyclic) bond motifs is 1. The number of hydrogen-bond donors (Lipinski definition) is 2.